The largest absolute Gasteiger partial charge is 0.481 e. The van der Waals surface area contributed by atoms with Crippen LogP contribution in [-0.2, 0) is 14.4 Å². The molecule has 1 aliphatic carbocycles. The van der Waals surface area contributed by atoms with Crippen LogP contribution >= 0.6 is 0 Å². The maximum Gasteiger partial charge on any atom is 0.372 e. The SMILES string of the molecule is CN1CCC(=C2c3ccccc3C=Cc3ccccc32)CC1.O=C(O)CCC(=O)C(=O)O. The van der Waals surface area contributed by atoms with Gasteiger partial charge in [0.25, 0.3) is 0 Å². The topological polar surface area (TPSA) is 94.9 Å². The van der Waals surface area contributed by atoms with E-state index in [4.69, 9.17) is 10.2 Å². The highest BCUT2D eigenvalue weighted by molar-refractivity contribution is 6.32. The molecule has 0 radical (unpaired) electrons. The summed E-state index contributed by atoms with van der Waals surface area (Å²) in [6.07, 6.45) is 6.01. The Kier molecular flexibility index (Phi) is 7.73. The first-order valence-corrected chi connectivity index (χ1v) is 10.6. The first-order chi connectivity index (χ1) is 15.4. The third kappa shape index (κ3) is 5.80. The molecule has 6 nitrogen and oxygen atoms in total. The third-order valence-corrected chi connectivity index (χ3v) is 5.65. The smallest absolute Gasteiger partial charge is 0.372 e. The van der Waals surface area contributed by atoms with Crippen molar-refractivity contribution in [2.24, 2.45) is 0 Å². The molecule has 0 unspecified atom stereocenters. The summed E-state index contributed by atoms with van der Waals surface area (Å²) in [5.74, 6) is -3.82. The fourth-order valence-electron chi connectivity index (χ4n) is 3.91. The summed E-state index contributed by atoms with van der Waals surface area (Å²) in [7, 11) is 2.22. The maximum absolute atomic E-state index is 10.2. The number of carbonyl (C=O) groups is 3. The normalized spacial score (nSPS) is 15.0. The van der Waals surface area contributed by atoms with Crippen molar-refractivity contribution in [3.05, 3.63) is 76.4 Å². The molecule has 2 N–H and O–H groups in total. The highest BCUT2D eigenvalue weighted by Gasteiger charge is 2.21. The minimum atomic E-state index is -1.58. The summed E-state index contributed by atoms with van der Waals surface area (Å²) >= 11 is 0. The Morgan fingerprint density at radius 3 is 1.78 bits per heavy atom. The molecular formula is C26H27NO5. The van der Waals surface area contributed by atoms with E-state index in [1.807, 2.05) is 0 Å². The van der Waals surface area contributed by atoms with Gasteiger partial charge in [0, 0.05) is 19.5 Å². The quantitative estimate of drug-likeness (QED) is 0.599. The van der Waals surface area contributed by atoms with Gasteiger partial charge in [0.2, 0.25) is 5.78 Å². The Morgan fingerprint density at radius 1 is 0.812 bits per heavy atom. The van der Waals surface area contributed by atoms with Crippen LogP contribution in [0.3, 0.4) is 0 Å². The number of aliphatic carboxylic acids is 2. The number of piperidine rings is 1. The van der Waals surface area contributed by atoms with Gasteiger partial charge in [0.15, 0.2) is 0 Å². The molecule has 0 spiro atoms. The first-order valence-electron chi connectivity index (χ1n) is 10.6. The summed E-state index contributed by atoms with van der Waals surface area (Å²) < 4.78 is 0. The van der Waals surface area contributed by atoms with Crippen molar-refractivity contribution < 1.29 is 24.6 Å². The number of carboxylic acids is 2. The average Bonchev–Trinajstić information content (AvgIpc) is 2.95. The molecule has 0 amide bonds. The predicted octanol–water partition coefficient (Wildman–Crippen LogP) is 4.20. The van der Waals surface area contributed by atoms with Gasteiger partial charge in [-0.2, -0.15) is 0 Å². The monoisotopic (exact) mass is 433 g/mol. The molecule has 2 aliphatic rings. The van der Waals surface area contributed by atoms with Crippen molar-refractivity contribution in [3.63, 3.8) is 0 Å². The number of ketones is 1. The van der Waals surface area contributed by atoms with Crippen LogP contribution < -0.4 is 0 Å². The number of carbonyl (C=O) groups excluding carboxylic acids is 1. The van der Waals surface area contributed by atoms with Gasteiger partial charge in [-0.3, -0.25) is 9.59 Å². The highest BCUT2D eigenvalue weighted by Crippen LogP contribution is 2.38. The lowest BCUT2D eigenvalue weighted by Crippen LogP contribution is -2.27. The van der Waals surface area contributed by atoms with Crippen molar-refractivity contribution in [2.75, 3.05) is 20.1 Å². The fraction of sp³-hybridized carbons (Fsp3) is 0.269. The van der Waals surface area contributed by atoms with Gasteiger partial charge in [-0.25, -0.2) is 4.79 Å². The standard InChI is InChI=1S/C21H21N.C5H6O5/c1-22-14-12-18(13-15-22)21-19-8-4-2-6-16(19)10-11-17-7-3-5-9-20(17)21;6-3(5(9)10)1-2-4(7)8/h2-11H,12-15H2,1H3;1-2H2,(H,7,8)(H,9,10). The molecular weight excluding hydrogens is 406 g/mol. The maximum atomic E-state index is 10.2. The molecule has 0 atom stereocenters. The predicted molar refractivity (Wildman–Crippen MR) is 124 cm³/mol. The molecule has 0 aromatic heterocycles. The van der Waals surface area contributed by atoms with Crippen LogP contribution in [0.15, 0.2) is 54.1 Å². The molecule has 166 valence electrons. The number of hydrogen-bond acceptors (Lipinski definition) is 4. The molecule has 0 bridgehead atoms. The lowest BCUT2D eigenvalue weighted by molar-refractivity contribution is -0.149. The zero-order valence-corrected chi connectivity index (χ0v) is 18.1. The van der Waals surface area contributed by atoms with Crippen LogP contribution in [0.5, 0.6) is 0 Å². The lowest BCUT2D eigenvalue weighted by atomic mass is 9.86. The van der Waals surface area contributed by atoms with E-state index in [9.17, 15) is 14.4 Å². The van der Waals surface area contributed by atoms with Gasteiger partial charge in [-0.15, -0.1) is 0 Å². The number of fused-ring (bicyclic) bond motifs is 2. The molecule has 4 rings (SSSR count). The Bertz CT molecular complexity index is 1020. The zero-order valence-electron chi connectivity index (χ0n) is 18.1. The molecule has 6 heteroatoms. The van der Waals surface area contributed by atoms with E-state index in [1.165, 1.54) is 40.7 Å². The number of nitrogens with zero attached hydrogens (tertiary/aromatic N) is 1. The number of likely N-dealkylation sites (tertiary alicyclic amines) is 1. The Morgan fingerprint density at radius 2 is 1.31 bits per heavy atom. The van der Waals surface area contributed by atoms with Crippen molar-refractivity contribution in [1.82, 2.24) is 4.90 Å². The van der Waals surface area contributed by atoms with Crippen molar-refractivity contribution in [2.45, 2.75) is 25.7 Å². The van der Waals surface area contributed by atoms with Crippen LogP contribution in [0, 0.1) is 0 Å². The van der Waals surface area contributed by atoms with E-state index in [2.05, 4.69) is 72.6 Å². The van der Waals surface area contributed by atoms with E-state index in [0.29, 0.717) is 0 Å². The van der Waals surface area contributed by atoms with E-state index < -0.39 is 30.6 Å². The second kappa shape index (κ2) is 10.7. The van der Waals surface area contributed by atoms with Gasteiger partial charge in [-0.05, 0) is 47.7 Å². The second-order valence-corrected chi connectivity index (χ2v) is 7.91. The van der Waals surface area contributed by atoms with Gasteiger partial charge >= 0.3 is 11.9 Å². The second-order valence-electron chi connectivity index (χ2n) is 7.91. The highest BCUT2D eigenvalue weighted by atomic mass is 16.4. The molecule has 2 aromatic rings. The molecule has 1 heterocycles. The molecule has 32 heavy (non-hydrogen) atoms. The molecule has 0 saturated carbocycles. The van der Waals surface area contributed by atoms with Crippen molar-refractivity contribution >= 4 is 35.4 Å². The molecule has 1 fully saturated rings. The average molecular weight is 434 g/mol. The van der Waals surface area contributed by atoms with E-state index in [-0.39, 0.29) is 0 Å². The molecule has 2 aromatic carbocycles. The number of carboxylic acid groups (broad SMARTS) is 2. The summed E-state index contributed by atoms with van der Waals surface area (Å²) in [6.45, 7) is 2.33. The fourth-order valence-corrected chi connectivity index (χ4v) is 3.91. The third-order valence-electron chi connectivity index (χ3n) is 5.65. The molecule has 1 aliphatic heterocycles. The number of benzene rings is 2. The van der Waals surface area contributed by atoms with Crippen LogP contribution in [0.4, 0.5) is 0 Å². The molecule has 1 saturated heterocycles. The Hall–Kier alpha value is -3.51. The minimum absolute atomic E-state index is 0.425. The van der Waals surface area contributed by atoms with Gasteiger partial charge in [0.1, 0.15) is 0 Å². The zero-order chi connectivity index (χ0) is 23.1. The number of Topliss-reactive ketones (excluding diaryl/α,β-unsaturated/α-hetero) is 1. The first kappa shape index (κ1) is 23.2. The lowest BCUT2D eigenvalue weighted by Gasteiger charge is -2.27. The van der Waals surface area contributed by atoms with Crippen LogP contribution in [0.2, 0.25) is 0 Å². The van der Waals surface area contributed by atoms with Gasteiger partial charge in [-0.1, -0.05) is 66.3 Å². The van der Waals surface area contributed by atoms with E-state index in [1.54, 1.807) is 5.57 Å². The van der Waals surface area contributed by atoms with E-state index >= 15 is 0 Å². The van der Waals surface area contributed by atoms with E-state index in [0.717, 1.165) is 13.1 Å². The van der Waals surface area contributed by atoms with Crippen LogP contribution in [0.1, 0.15) is 47.9 Å². The summed E-state index contributed by atoms with van der Waals surface area (Å²) in [4.78, 5) is 32.2. The minimum Gasteiger partial charge on any atom is -0.481 e. The van der Waals surface area contributed by atoms with Crippen molar-refractivity contribution in [1.29, 1.82) is 0 Å². The number of rotatable bonds is 4. The van der Waals surface area contributed by atoms with Crippen LogP contribution in [-0.4, -0.2) is 53.0 Å². The Labute approximate surface area is 187 Å². The van der Waals surface area contributed by atoms with Crippen LogP contribution in [0.25, 0.3) is 17.7 Å². The number of hydrogen-bond donors (Lipinski definition) is 2. The summed E-state index contributed by atoms with van der Waals surface area (Å²) in [6, 6.07) is 17.6. The Balaban J connectivity index is 0.000000247. The van der Waals surface area contributed by atoms with Gasteiger partial charge in [0.05, 0.1) is 6.42 Å². The summed E-state index contributed by atoms with van der Waals surface area (Å²) in [5.41, 5.74) is 8.54. The van der Waals surface area contributed by atoms with Crippen molar-refractivity contribution in [3.8, 4) is 0 Å². The summed E-state index contributed by atoms with van der Waals surface area (Å²) in [5, 5.41) is 16.0. The van der Waals surface area contributed by atoms with Gasteiger partial charge < -0.3 is 15.1 Å².